The smallest absolute Gasteiger partial charge is 0.275 e. The molecule has 3 aromatic carbocycles. The maximum absolute atomic E-state index is 12.5. The SMILES string of the molecule is C=CCc1cccc(/C=N\NC(=O)c2ccccc2OCc2ccccc2)c1O. The van der Waals surface area contributed by atoms with Crippen molar-refractivity contribution >= 4 is 12.1 Å². The van der Waals surface area contributed by atoms with Gasteiger partial charge in [0.05, 0.1) is 11.8 Å². The van der Waals surface area contributed by atoms with Crippen molar-refractivity contribution in [3.63, 3.8) is 0 Å². The van der Waals surface area contributed by atoms with Gasteiger partial charge in [-0.2, -0.15) is 5.10 Å². The van der Waals surface area contributed by atoms with E-state index in [1.165, 1.54) is 6.21 Å². The van der Waals surface area contributed by atoms with Gasteiger partial charge in [-0.05, 0) is 35.7 Å². The van der Waals surface area contributed by atoms with Crippen LogP contribution in [0.2, 0.25) is 0 Å². The molecule has 2 N–H and O–H groups in total. The third-order valence-corrected chi connectivity index (χ3v) is 4.25. The highest BCUT2D eigenvalue weighted by Gasteiger charge is 2.12. The summed E-state index contributed by atoms with van der Waals surface area (Å²) in [4.78, 5) is 12.5. The first-order chi connectivity index (χ1) is 14.2. The van der Waals surface area contributed by atoms with E-state index < -0.39 is 5.91 Å². The summed E-state index contributed by atoms with van der Waals surface area (Å²) in [5.41, 5.74) is 5.13. The lowest BCUT2D eigenvalue weighted by atomic mass is 10.1. The number of nitrogens with one attached hydrogen (secondary N) is 1. The number of ether oxygens (including phenoxy) is 1. The number of carbonyl (C=O) groups excluding carboxylic acids is 1. The molecule has 0 aliphatic heterocycles. The van der Waals surface area contributed by atoms with Gasteiger partial charge in [0.25, 0.3) is 5.91 Å². The number of nitrogens with zero attached hydrogens (tertiary/aromatic N) is 1. The van der Waals surface area contributed by atoms with Crippen LogP contribution in [-0.4, -0.2) is 17.2 Å². The van der Waals surface area contributed by atoms with Crippen LogP contribution in [0.1, 0.15) is 27.0 Å². The minimum atomic E-state index is -0.397. The molecule has 0 radical (unpaired) electrons. The number of hydrogen-bond donors (Lipinski definition) is 2. The zero-order chi connectivity index (χ0) is 20.5. The number of hydrazone groups is 1. The molecule has 5 heteroatoms. The highest BCUT2D eigenvalue weighted by molar-refractivity contribution is 5.97. The molecule has 3 aromatic rings. The molecule has 1 amide bonds. The minimum Gasteiger partial charge on any atom is -0.507 e. The van der Waals surface area contributed by atoms with Crippen molar-refractivity contribution in [3.8, 4) is 11.5 Å². The van der Waals surface area contributed by atoms with Gasteiger partial charge in [-0.1, -0.05) is 60.7 Å². The van der Waals surface area contributed by atoms with Gasteiger partial charge in [0.2, 0.25) is 0 Å². The number of carbonyl (C=O) groups is 1. The van der Waals surface area contributed by atoms with Crippen LogP contribution in [0.4, 0.5) is 0 Å². The van der Waals surface area contributed by atoms with E-state index in [1.807, 2.05) is 48.5 Å². The van der Waals surface area contributed by atoms with Gasteiger partial charge in [0, 0.05) is 5.56 Å². The average molecular weight is 386 g/mol. The first kappa shape index (κ1) is 19.9. The predicted octanol–water partition coefficient (Wildman–Crippen LogP) is 4.46. The van der Waals surface area contributed by atoms with Gasteiger partial charge in [-0.25, -0.2) is 5.43 Å². The first-order valence-electron chi connectivity index (χ1n) is 9.20. The molecule has 5 nitrogen and oxygen atoms in total. The van der Waals surface area contributed by atoms with Crippen molar-refractivity contribution in [3.05, 3.63) is 108 Å². The monoisotopic (exact) mass is 386 g/mol. The summed E-state index contributed by atoms with van der Waals surface area (Å²) in [6.07, 6.45) is 3.67. The number of phenolic OH excluding ortho intramolecular Hbond substituents is 1. The molecule has 0 unspecified atom stereocenters. The van der Waals surface area contributed by atoms with Crippen LogP contribution in [-0.2, 0) is 13.0 Å². The maximum Gasteiger partial charge on any atom is 0.275 e. The Hall–Kier alpha value is -3.86. The van der Waals surface area contributed by atoms with Crippen LogP contribution in [0.3, 0.4) is 0 Å². The fourth-order valence-corrected chi connectivity index (χ4v) is 2.77. The van der Waals surface area contributed by atoms with E-state index in [0.717, 1.165) is 11.1 Å². The average Bonchev–Trinajstić information content (AvgIpc) is 2.76. The zero-order valence-corrected chi connectivity index (χ0v) is 15.9. The van der Waals surface area contributed by atoms with E-state index >= 15 is 0 Å². The van der Waals surface area contributed by atoms with Gasteiger partial charge < -0.3 is 9.84 Å². The Balaban J connectivity index is 1.68. The Morgan fingerprint density at radius 1 is 1.03 bits per heavy atom. The van der Waals surface area contributed by atoms with Crippen LogP contribution in [0.5, 0.6) is 11.5 Å². The lowest BCUT2D eigenvalue weighted by Crippen LogP contribution is -2.18. The number of aromatic hydroxyl groups is 1. The summed E-state index contributed by atoms with van der Waals surface area (Å²) in [6, 6.07) is 22.1. The van der Waals surface area contributed by atoms with Crippen LogP contribution in [0, 0.1) is 0 Å². The van der Waals surface area contributed by atoms with Crippen LogP contribution < -0.4 is 10.2 Å². The van der Waals surface area contributed by atoms with Gasteiger partial charge >= 0.3 is 0 Å². The molecule has 0 aromatic heterocycles. The molecule has 0 fully saturated rings. The highest BCUT2D eigenvalue weighted by Crippen LogP contribution is 2.22. The third kappa shape index (κ3) is 5.32. The molecule has 0 bridgehead atoms. The van der Waals surface area contributed by atoms with Crippen LogP contribution in [0.25, 0.3) is 0 Å². The summed E-state index contributed by atoms with van der Waals surface area (Å²) in [5, 5.41) is 14.2. The standard InChI is InChI=1S/C24H22N2O3/c1-2-9-19-12-8-13-20(23(19)27)16-25-26-24(28)21-14-6-7-15-22(21)29-17-18-10-4-3-5-11-18/h2-8,10-16,27H,1,9,17H2,(H,26,28)/b25-16-. The molecule has 0 atom stereocenters. The number of benzene rings is 3. The third-order valence-electron chi connectivity index (χ3n) is 4.25. The highest BCUT2D eigenvalue weighted by atomic mass is 16.5. The maximum atomic E-state index is 12.5. The summed E-state index contributed by atoms with van der Waals surface area (Å²) < 4.78 is 5.81. The number of rotatable bonds is 8. The van der Waals surface area contributed by atoms with Crippen molar-refractivity contribution in [2.24, 2.45) is 5.10 Å². The predicted molar refractivity (Wildman–Crippen MR) is 114 cm³/mol. The van der Waals surface area contributed by atoms with E-state index in [-0.39, 0.29) is 5.75 Å². The summed E-state index contributed by atoms with van der Waals surface area (Å²) in [6.45, 7) is 4.03. The first-order valence-corrected chi connectivity index (χ1v) is 9.20. The summed E-state index contributed by atoms with van der Waals surface area (Å²) in [5.74, 6) is 0.198. The van der Waals surface area contributed by atoms with Crippen molar-refractivity contribution in [1.29, 1.82) is 0 Å². The second kappa shape index (κ2) is 9.90. The van der Waals surface area contributed by atoms with Crippen LogP contribution in [0.15, 0.2) is 90.6 Å². The van der Waals surface area contributed by atoms with E-state index in [2.05, 4.69) is 17.1 Å². The second-order valence-corrected chi connectivity index (χ2v) is 6.32. The van der Waals surface area contributed by atoms with E-state index in [9.17, 15) is 9.90 Å². The van der Waals surface area contributed by atoms with E-state index in [4.69, 9.17) is 4.74 Å². The molecule has 0 saturated carbocycles. The molecular weight excluding hydrogens is 364 g/mol. The Morgan fingerprint density at radius 3 is 2.59 bits per heavy atom. The Morgan fingerprint density at radius 2 is 1.79 bits per heavy atom. The Labute approximate surface area is 170 Å². The normalized spacial score (nSPS) is 10.6. The van der Waals surface area contributed by atoms with Crippen molar-refractivity contribution in [2.75, 3.05) is 0 Å². The van der Waals surface area contributed by atoms with Crippen molar-refractivity contribution < 1.29 is 14.6 Å². The fourth-order valence-electron chi connectivity index (χ4n) is 2.77. The van der Waals surface area contributed by atoms with Gasteiger partial charge in [-0.15, -0.1) is 6.58 Å². The molecule has 29 heavy (non-hydrogen) atoms. The molecule has 0 saturated heterocycles. The second-order valence-electron chi connectivity index (χ2n) is 6.32. The number of hydrogen-bond acceptors (Lipinski definition) is 4. The zero-order valence-electron chi connectivity index (χ0n) is 15.9. The summed E-state index contributed by atoms with van der Waals surface area (Å²) >= 11 is 0. The van der Waals surface area contributed by atoms with Gasteiger partial charge in [-0.3, -0.25) is 4.79 Å². The molecule has 0 spiro atoms. The topological polar surface area (TPSA) is 70.9 Å². The van der Waals surface area contributed by atoms with E-state index in [0.29, 0.717) is 29.9 Å². The number of allylic oxidation sites excluding steroid dienone is 1. The molecule has 3 rings (SSSR count). The number of para-hydroxylation sites is 2. The number of amides is 1. The summed E-state index contributed by atoms with van der Waals surface area (Å²) in [7, 11) is 0. The Kier molecular flexibility index (Phi) is 6.79. The molecular formula is C24H22N2O3. The molecule has 146 valence electrons. The Bertz CT molecular complexity index is 1010. The quantitative estimate of drug-likeness (QED) is 0.341. The van der Waals surface area contributed by atoms with Crippen molar-refractivity contribution in [2.45, 2.75) is 13.0 Å². The molecule has 0 aliphatic rings. The van der Waals surface area contributed by atoms with Gasteiger partial charge in [0.15, 0.2) is 0 Å². The molecule has 0 aliphatic carbocycles. The largest absolute Gasteiger partial charge is 0.507 e. The van der Waals surface area contributed by atoms with Gasteiger partial charge in [0.1, 0.15) is 18.1 Å². The minimum absolute atomic E-state index is 0.122. The lowest BCUT2D eigenvalue weighted by molar-refractivity contribution is 0.0950. The fraction of sp³-hybridized carbons (Fsp3) is 0.0833. The van der Waals surface area contributed by atoms with E-state index in [1.54, 1.807) is 30.3 Å². The van der Waals surface area contributed by atoms with Crippen molar-refractivity contribution in [1.82, 2.24) is 5.43 Å². The number of phenols is 1. The lowest BCUT2D eigenvalue weighted by Gasteiger charge is -2.10. The van der Waals surface area contributed by atoms with Crippen LogP contribution >= 0.6 is 0 Å². The molecule has 0 heterocycles.